The molecule has 4 aromatic carbocycles. The summed E-state index contributed by atoms with van der Waals surface area (Å²) >= 11 is 24.7. The lowest BCUT2D eigenvalue weighted by atomic mass is 9.87. The van der Waals surface area contributed by atoms with Crippen molar-refractivity contribution < 1.29 is 19.2 Å². The number of amides is 4. The van der Waals surface area contributed by atoms with E-state index in [1.165, 1.54) is 187 Å². The fraction of sp³-hybridized carbons (Fsp3) is 0.678. The van der Waals surface area contributed by atoms with Gasteiger partial charge < -0.3 is 19.6 Å². The highest BCUT2D eigenvalue weighted by atomic mass is 35.5. The first-order valence-electron chi connectivity index (χ1n) is 40.3. The first kappa shape index (κ1) is 86.0. The molecule has 574 valence electrons. The van der Waals surface area contributed by atoms with Crippen LogP contribution in [0.4, 0.5) is 0 Å². The van der Waals surface area contributed by atoms with Crippen molar-refractivity contribution in [1.29, 1.82) is 0 Å². The van der Waals surface area contributed by atoms with Crippen LogP contribution in [0, 0.1) is 13.8 Å². The molecule has 0 radical (unpaired) electrons. The van der Waals surface area contributed by atoms with Crippen LogP contribution in [-0.4, -0.2) is 191 Å². The summed E-state index contributed by atoms with van der Waals surface area (Å²) in [6, 6.07) is 27.6. The first-order chi connectivity index (χ1) is 49.3. The van der Waals surface area contributed by atoms with E-state index in [-0.39, 0.29) is 31.1 Å². The van der Waals surface area contributed by atoms with Crippen LogP contribution in [-0.2, 0) is 57.7 Å². The predicted octanol–water partition coefficient (Wildman–Crippen LogP) is 19.2. The molecule has 4 aromatic rings. The topological polar surface area (TPSA) is 94.2 Å². The second-order valence-electron chi connectivity index (χ2n) is 31.0. The Labute approximate surface area is 645 Å². The van der Waals surface area contributed by atoms with Gasteiger partial charge in [-0.25, -0.2) is 0 Å². The number of aryl methyl sites for hydroxylation is 4. The molecule has 0 N–H and O–H groups in total. The molecule has 4 saturated carbocycles. The van der Waals surface area contributed by atoms with Gasteiger partial charge >= 0.3 is 0 Å². The van der Waals surface area contributed by atoms with Crippen LogP contribution >= 0.6 is 46.4 Å². The van der Waals surface area contributed by atoms with Crippen LogP contribution in [0.25, 0.3) is 0 Å². The molecule has 4 aliphatic carbocycles. The predicted molar refractivity (Wildman–Crippen MR) is 435 cm³/mol. The Morgan fingerprint density at radius 3 is 0.951 bits per heavy atom. The smallest absolute Gasteiger partial charge is 0.227 e. The quantitative estimate of drug-likeness (QED) is 0.0916. The van der Waals surface area contributed by atoms with Crippen LogP contribution in [0.5, 0.6) is 0 Å². The van der Waals surface area contributed by atoms with E-state index in [2.05, 4.69) is 77.3 Å². The fourth-order valence-electron chi connectivity index (χ4n) is 18.0. The summed E-state index contributed by atoms with van der Waals surface area (Å²) in [7, 11) is 6.02. The van der Waals surface area contributed by atoms with Crippen molar-refractivity contribution in [1.82, 2.24) is 39.2 Å². The minimum atomic E-state index is 0. The van der Waals surface area contributed by atoms with Gasteiger partial charge in [0, 0.05) is 96.1 Å². The Kier molecular flexibility index (Phi) is 37.0. The largest absolute Gasteiger partial charge is 0.341 e. The highest BCUT2D eigenvalue weighted by Crippen LogP contribution is 2.35. The number of carbonyl (C=O) groups excluding carboxylic acids is 4. The molecule has 0 bridgehead atoms. The molecule has 103 heavy (non-hydrogen) atoms. The lowest BCUT2D eigenvalue weighted by Crippen LogP contribution is -2.54. The number of likely N-dealkylation sites (N-methyl/N-ethyl adjacent to an activating group) is 4. The third kappa shape index (κ3) is 24.9. The van der Waals surface area contributed by atoms with E-state index in [9.17, 15) is 19.2 Å². The van der Waals surface area contributed by atoms with Gasteiger partial charge in [-0.15, -0.1) is 0 Å². The molecule has 12 rings (SSSR count). The van der Waals surface area contributed by atoms with Crippen molar-refractivity contribution in [2.24, 2.45) is 0 Å². The maximum absolute atomic E-state index is 13.1. The number of hydrogen-bond donors (Lipinski definition) is 0. The van der Waals surface area contributed by atoms with Gasteiger partial charge in [0.05, 0.1) is 25.7 Å². The van der Waals surface area contributed by atoms with Crippen molar-refractivity contribution in [3.05, 3.63) is 137 Å². The van der Waals surface area contributed by atoms with E-state index in [1.807, 2.05) is 104 Å². The average Bonchev–Trinajstić information content (AvgIpc) is 1.82. The van der Waals surface area contributed by atoms with Crippen LogP contribution in [0.15, 0.2) is 72.8 Å². The number of hydrogen-bond acceptors (Lipinski definition) is 8. The van der Waals surface area contributed by atoms with E-state index in [1.54, 1.807) is 0 Å². The monoisotopic (exact) mass is 1490 g/mol. The lowest BCUT2D eigenvalue weighted by Gasteiger charge is -2.43. The van der Waals surface area contributed by atoms with Gasteiger partial charge in [-0.1, -0.05) is 188 Å². The van der Waals surface area contributed by atoms with Crippen LogP contribution in [0.1, 0.15) is 247 Å². The number of halogens is 4. The highest BCUT2D eigenvalue weighted by molar-refractivity contribution is 6.32. The molecule has 8 unspecified atom stereocenters. The lowest BCUT2D eigenvalue weighted by molar-refractivity contribution is -0.135. The molecule has 0 aromatic heterocycles. The van der Waals surface area contributed by atoms with E-state index < -0.39 is 0 Å². The minimum Gasteiger partial charge on any atom is -0.341 e. The molecule has 0 spiro atoms. The number of rotatable bonds is 19. The number of carbonyl (C=O) groups is 4. The van der Waals surface area contributed by atoms with Crippen LogP contribution in [0.2, 0.25) is 20.1 Å². The average molecular weight is 1500 g/mol. The third-order valence-electron chi connectivity index (χ3n) is 23.8. The van der Waals surface area contributed by atoms with Gasteiger partial charge in [-0.3, -0.25) is 38.8 Å². The summed E-state index contributed by atoms with van der Waals surface area (Å²) in [6.07, 6.45) is 35.2. The molecule has 16 heteroatoms. The molecule has 8 aliphatic rings. The Hall–Kier alpha value is -4.24. The SMILES string of the molecule is C.CCC.CCN(C(=O)Cc1ccc(Cl)c(C)c1)C1CCCCC1N1CCCC1.CCc1cc(CC(=O)N(C)C2CCCCC2N2CCCC2)ccc1Cl.CCc1ccc(CC(=O)N(C)C2CCCCC2N2CCCC2)cc1Cl.Cc1cc(CC(=O)N(C)C2CCCCC2N2CCCC2)ccc1Cl. The fourth-order valence-corrected chi connectivity index (χ4v) is 18.9. The van der Waals surface area contributed by atoms with Gasteiger partial charge in [0.2, 0.25) is 23.6 Å². The Morgan fingerprint density at radius 2 is 0.631 bits per heavy atom. The van der Waals surface area contributed by atoms with Gasteiger partial charge in [0.15, 0.2) is 0 Å². The second-order valence-corrected chi connectivity index (χ2v) is 32.6. The number of benzene rings is 4. The number of likely N-dealkylation sites (tertiary alicyclic amines) is 4. The Bertz CT molecular complexity index is 3230. The van der Waals surface area contributed by atoms with Gasteiger partial charge in [-0.2, -0.15) is 0 Å². The summed E-state index contributed by atoms with van der Waals surface area (Å²) in [6.45, 7) is 25.0. The second kappa shape index (κ2) is 44.3. The maximum Gasteiger partial charge on any atom is 0.227 e. The van der Waals surface area contributed by atoms with Crippen LogP contribution < -0.4 is 0 Å². The summed E-state index contributed by atoms with van der Waals surface area (Å²) in [5.74, 6) is 0.949. The summed E-state index contributed by atoms with van der Waals surface area (Å²) < 4.78 is 0. The van der Waals surface area contributed by atoms with E-state index in [0.29, 0.717) is 74.0 Å². The molecule has 8 atom stereocenters. The zero-order chi connectivity index (χ0) is 73.2. The third-order valence-corrected chi connectivity index (χ3v) is 25.4. The summed E-state index contributed by atoms with van der Waals surface area (Å²) in [4.78, 5) is 70.5. The summed E-state index contributed by atoms with van der Waals surface area (Å²) in [5, 5.41) is 3.11. The van der Waals surface area contributed by atoms with Gasteiger partial charge in [0.25, 0.3) is 0 Å². The molecule has 4 heterocycles. The maximum atomic E-state index is 13.1. The zero-order valence-electron chi connectivity index (χ0n) is 64.6. The molecule has 12 nitrogen and oxygen atoms in total. The molecule has 4 amide bonds. The highest BCUT2D eigenvalue weighted by Gasteiger charge is 2.40. The standard InChI is InChI=1S/3C21H31ClN2O.C20H29ClN2O.C3H8.CH4/c1-3-17-14-16(10-11-18(17)22)15-21(25)23(2)19-8-4-5-9-20(19)24-12-6-7-13-24;1-3-17-11-10-16(14-18(17)22)15-21(25)23(2)19-8-4-5-9-20(19)24-12-6-7-13-24;1-3-24(21(25)15-17-10-11-18(22)16(2)14-17)20-9-5-4-8-19(20)23-12-6-7-13-23;1-15-13-16(9-10-17(15)21)14-20(24)22(2)18-7-3-4-8-19(18)23-11-5-6-12-23;1-3-2;/h3*10-11,14,19-20H,3-9,12-13,15H2,1-2H3;9-10,13,18-19H,3-8,11-12,14H2,1-2H3;3H2,1-2H3;1H4. The van der Waals surface area contributed by atoms with Gasteiger partial charge in [-0.05, 0) is 257 Å². The summed E-state index contributed by atoms with van der Waals surface area (Å²) in [5.41, 5.74) is 8.58. The van der Waals surface area contributed by atoms with Crippen molar-refractivity contribution in [2.45, 2.75) is 303 Å². The van der Waals surface area contributed by atoms with E-state index >= 15 is 0 Å². The first-order valence-corrected chi connectivity index (χ1v) is 41.9. The van der Waals surface area contributed by atoms with Crippen LogP contribution in [0.3, 0.4) is 0 Å². The Morgan fingerprint density at radius 1 is 0.350 bits per heavy atom. The van der Waals surface area contributed by atoms with Crippen molar-refractivity contribution in [3.63, 3.8) is 0 Å². The molecule has 4 saturated heterocycles. The van der Waals surface area contributed by atoms with Crippen molar-refractivity contribution in [2.75, 3.05) is 80.0 Å². The van der Waals surface area contributed by atoms with E-state index in [4.69, 9.17) is 46.4 Å². The normalized spacial score (nSPS) is 23.8. The van der Waals surface area contributed by atoms with Crippen molar-refractivity contribution in [3.8, 4) is 0 Å². The minimum absolute atomic E-state index is 0. The van der Waals surface area contributed by atoms with Crippen molar-refractivity contribution >= 4 is 70.0 Å². The number of nitrogens with zero attached hydrogens (tertiary/aromatic N) is 8. The Balaban J connectivity index is 0.000000189. The van der Waals surface area contributed by atoms with Gasteiger partial charge in [0.1, 0.15) is 0 Å². The zero-order valence-corrected chi connectivity index (χ0v) is 67.6. The molecule has 4 aliphatic heterocycles. The van der Waals surface area contributed by atoms with E-state index in [0.717, 1.165) is 110 Å². The molecule has 8 fully saturated rings. The molecular formula is C87H134Cl4N8O4. The molecular weight excluding hydrogens is 1360 g/mol.